The number of hydrogen-bond acceptors (Lipinski definition) is 5. The van der Waals surface area contributed by atoms with Gasteiger partial charge in [-0.25, -0.2) is 0 Å². The third-order valence-electron chi connectivity index (χ3n) is 2.62. The largest absolute Gasteiger partial charge is 0.448 e. The molecule has 0 radical (unpaired) electrons. The molecule has 2 aromatic rings. The molecule has 2 rings (SSSR count). The first-order valence-corrected chi connectivity index (χ1v) is 5.67. The van der Waals surface area contributed by atoms with E-state index in [2.05, 4.69) is 4.98 Å². The van der Waals surface area contributed by atoms with Crippen molar-refractivity contribution in [2.75, 3.05) is 0 Å². The molecule has 0 fully saturated rings. The van der Waals surface area contributed by atoms with Gasteiger partial charge in [-0.2, -0.15) is 0 Å². The van der Waals surface area contributed by atoms with Crippen LogP contribution in [0.4, 0.5) is 5.69 Å². The van der Waals surface area contributed by atoms with Gasteiger partial charge in [0.15, 0.2) is 0 Å². The maximum absolute atomic E-state index is 11.0. The van der Waals surface area contributed by atoms with Gasteiger partial charge in [0.2, 0.25) is 5.75 Å². The first-order chi connectivity index (χ1) is 9.11. The molecule has 0 aliphatic carbocycles. The number of hydrogen-bond donors (Lipinski definition) is 1. The summed E-state index contributed by atoms with van der Waals surface area (Å²) in [6.07, 6.45) is 3.11. The molecular weight excluding hydrogens is 246 g/mol. The molecule has 0 unspecified atom stereocenters. The monoisotopic (exact) mass is 259 g/mol. The molecule has 0 saturated carbocycles. The van der Waals surface area contributed by atoms with E-state index >= 15 is 0 Å². The minimum absolute atomic E-state index is 0.0411. The van der Waals surface area contributed by atoms with Crippen LogP contribution in [0.3, 0.4) is 0 Å². The van der Waals surface area contributed by atoms with Crippen LogP contribution in [-0.2, 0) is 6.54 Å². The van der Waals surface area contributed by atoms with E-state index in [0.29, 0.717) is 17.9 Å². The summed E-state index contributed by atoms with van der Waals surface area (Å²) >= 11 is 0. The number of aromatic nitrogens is 1. The van der Waals surface area contributed by atoms with Crippen LogP contribution in [0, 0.1) is 17.0 Å². The zero-order valence-corrected chi connectivity index (χ0v) is 10.4. The maximum Gasteiger partial charge on any atom is 0.314 e. The second kappa shape index (κ2) is 5.45. The SMILES string of the molecule is Cc1cccc(Oc2cncc(CN)c2)c1[N+](=O)[O-]. The van der Waals surface area contributed by atoms with Crippen LogP contribution in [0.2, 0.25) is 0 Å². The molecule has 0 atom stereocenters. The number of aryl methyl sites for hydroxylation is 1. The second-order valence-electron chi connectivity index (χ2n) is 4.01. The summed E-state index contributed by atoms with van der Waals surface area (Å²) in [5.74, 6) is 0.623. The van der Waals surface area contributed by atoms with Crippen molar-refractivity contribution in [3.8, 4) is 11.5 Å². The topological polar surface area (TPSA) is 91.3 Å². The lowest BCUT2D eigenvalue weighted by atomic mass is 10.2. The lowest BCUT2D eigenvalue weighted by molar-refractivity contribution is -0.386. The summed E-state index contributed by atoms with van der Waals surface area (Å²) in [6, 6.07) is 6.64. The van der Waals surface area contributed by atoms with Gasteiger partial charge >= 0.3 is 5.69 Å². The van der Waals surface area contributed by atoms with Gasteiger partial charge in [-0.3, -0.25) is 15.1 Å². The molecule has 0 aliphatic rings. The molecular formula is C13H13N3O3. The van der Waals surface area contributed by atoms with Gasteiger partial charge < -0.3 is 10.5 Å². The quantitative estimate of drug-likeness (QED) is 0.673. The van der Waals surface area contributed by atoms with Gasteiger partial charge in [0, 0.05) is 18.3 Å². The highest BCUT2D eigenvalue weighted by atomic mass is 16.6. The molecule has 0 aliphatic heterocycles. The first kappa shape index (κ1) is 13.0. The Balaban J connectivity index is 2.38. The lowest BCUT2D eigenvalue weighted by Gasteiger charge is -2.08. The smallest absolute Gasteiger partial charge is 0.314 e. The van der Waals surface area contributed by atoms with E-state index < -0.39 is 4.92 Å². The summed E-state index contributed by atoms with van der Waals surface area (Å²) in [4.78, 5) is 14.6. The molecule has 2 N–H and O–H groups in total. The maximum atomic E-state index is 11.0. The van der Waals surface area contributed by atoms with E-state index in [0.717, 1.165) is 5.56 Å². The Hall–Kier alpha value is -2.47. The zero-order chi connectivity index (χ0) is 13.8. The predicted octanol–water partition coefficient (Wildman–Crippen LogP) is 2.55. The summed E-state index contributed by atoms with van der Waals surface area (Å²) < 4.78 is 5.53. The molecule has 6 nitrogen and oxygen atoms in total. The van der Waals surface area contributed by atoms with E-state index in [1.807, 2.05) is 0 Å². The number of rotatable bonds is 4. The van der Waals surface area contributed by atoms with Crippen molar-refractivity contribution < 1.29 is 9.66 Å². The fourth-order valence-electron chi connectivity index (χ4n) is 1.71. The van der Waals surface area contributed by atoms with Gasteiger partial charge in [-0.05, 0) is 24.6 Å². The van der Waals surface area contributed by atoms with Crippen LogP contribution in [0.1, 0.15) is 11.1 Å². The minimum atomic E-state index is -0.453. The van der Waals surface area contributed by atoms with Crippen LogP contribution in [0.5, 0.6) is 11.5 Å². The third kappa shape index (κ3) is 2.86. The summed E-state index contributed by atoms with van der Waals surface area (Å²) in [7, 11) is 0. The number of benzene rings is 1. The van der Waals surface area contributed by atoms with Crippen LogP contribution >= 0.6 is 0 Å². The number of nitro benzene ring substituents is 1. The fraction of sp³-hybridized carbons (Fsp3) is 0.154. The number of nitro groups is 1. The lowest BCUT2D eigenvalue weighted by Crippen LogP contribution is -1.99. The van der Waals surface area contributed by atoms with Crippen LogP contribution < -0.4 is 10.5 Å². The first-order valence-electron chi connectivity index (χ1n) is 5.67. The number of para-hydroxylation sites is 1. The standard InChI is InChI=1S/C13H13N3O3/c1-9-3-2-4-12(13(9)16(17)18)19-11-5-10(6-14)7-15-8-11/h2-5,7-8H,6,14H2,1H3. The average molecular weight is 259 g/mol. The van der Waals surface area contributed by atoms with Crippen molar-refractivity contribution in [3.63, 3.8) is 0 Å². The molecule has 6 heteroatoms. The Labute approximate surface area is 110 Å². The Morgan fingerprint density at radius 3 is 2.89 bits per heavy atom. The molecule has 0 bridgehead atoms. The highest BCUT2D eigenvalue weighted by Crippen LogP contribution is 2.33. The molecule has 0 spiro atoms. The van der Waals surface area contributed by atoms with E-state index in [1.54, 1.807) is 37.4 Å². The molecule has 1 heterocycles. The summed E-state index contributed by atoms with van der Waals surface area (Å²) in [5, 5.41) is 11.0. The van der Waals surface area contributed by atoms with Crippen molar-refractivity contribution in [3.05, 3.63) is 57.9 Å². The Bertz CT molecular complexity index is 614. The van der Waals surface area contributed by atoms with Crippen LogP contribution in [0.25, 0.3) is 0 Å². The third-order valence-corrected chi connectivity index (χ3v) is 2.62. The number of nitrogens with two attached hydrogens (primary N) is 1. The van der Waals surface area contributed by atoms with Gasteiger partial charge in [-0.15, -0.1) is 0 Å². The fourth-order valence-corrected chi connectivity index (χ4v) is 1.71. The van der Waals surface area contributed by atoms with Gasteiger partial charge in [0.1, 0.15) is 5.75 Å². The van der Waals surface area contributed by atoms with Crippen molar-refractivity contribution >= 4 is 5.69 Å². The number of pyridine rings is 1. The summed E-state index contributed by atoms with van der Waals surface area (Å²) in [5.41, 5.74) is 6.82. The van der Waals surface area contributed by atoms with E-state index in [9.17, 15) is 10.1 Å². The van der Waals surface area contributed by atoms with Crippen molar-refractivity contribution in [1.29, 1.82) is 0 Å². The highest BCUT2D eigenvalue weighted by molar-refractivity contribution is 5.53. The Morgan fingerprint density at radius 2 is 2.21 bits per heavy atom. The van der Waals surface area contributed by atoms with E-state index in [1.165, 1.54) is 6.20 Å². The van der Waals surface area contributed by atoms with Gasteiger partial charge in [0.25, 0.3) is 0 Å². The predicted molar refractivity (Wildman–Crippen MR) is 70.0 cm³/mol. The van der Waals surface area contributed by atoms with E-state index in [-0.39, 0.29) is 11.4 Å². The minimum Gasteiger partial charge on any atom is -0.448 e. The van der Waals surface area contributed by atoms with Crippen molar-refractivity contribution in [2.24, 2.45) is 5.73 Å². The Morgan fingerprint density at radius 1 is 1.42 bits per heavy atom. The normalized spacial score (nSPS) is 10.2. The van der Waals surface area contributed by atoms with Crippen molar-refractivity contribution in [2.45, 2.75) is 13.5 Å². The summed E-state index contributed by atoms with van der Waals surface area (Å²) in [6.45, 7) is 2.00. The van der Waals surface area contributed by atoms with Crippen LogP contribution in [0.15, 0.2) is 36.7 Å². The molecule has 0 amide bonds. The number of ether oxygens (including phenoxy) is 1. The average Bonchev–Trinajstić information content (AvgIpc) is 2.38. The van der Waals surface area contributed by atoms with Crippen molar-refractivity contribution in [1.82, 2.24) is 4.98 Å². The molecule has 98 valence electrons. The van der Waals surface area contributed by atoms with E-state index in [4.69, 9.17) is 10.5 Å². The van der Waals surface area contributed by atoms with Crippen LogP contribution in [-0.4, -0.2) is 9.91 Å². The van der Waals surface area contributed by atoms with Gasteiger partial charge in [-0.1, -0.05) is 12.1 Å². The Kier molecular flexibility index (Phi) is 3.72. The molecule has 1 aromatic heterocycles. The number of nitrogens with zero attached hydrogens (tertiary/aromatic N) is 2. The molecule has 1 aromatic carbocycles. The highest BCUT2D eigenvalue weighted by Gasteiger charge is 2.18. The second-order valence-corrected chi connectivity index (χ2v) is 4.01. The van der Waals surface area contributed by atoms with Gasteiger partial charge in [0.05, 0.1) is 11.1 Å². The zero-order valence-electron chi connectivity index (χ0n) is 10.4. The molecule has 19 heavy (non-hydrogen) atoms. The molecule has 0 saturated heterocycles.